The van der Waals surface area contributed by atoms with Gasteiger partial charge in [-0.2, -0.15) is 0 Å². The minimum Gasteiger partial charge on any atom is -0.465 e. The van der Waals surface area contributed by atoms with E-state index in [4.69, 9.17) is 4.74 Å². The molecule has 1 aliphatic rings. The molecule has 0 N–H and O–H groups in total. The summed E-state index contributed by atoms with van der Waals surface area (Å²) in [7, 11) is 4.10. The molecule has 1 rings (SSSR count). The van der Waals surface area contributed by atoms with Gasteiger partial charge in [-0.1, -0.05) is 0 Å². The molecule has 14 heavy (non-hydrogen) atoms. The fraction of sp³-hybridized carbons (Fsp3) is 0.900. The third-order valence-electron chi connectivity index (χ3n) is 2.23. The highest BCUT2D eigenvalue weighted by Crippen LogP contribution is 2.21. The van der Waals surface area contributed by atoms with Crippen molar-refractivity contribution in [2.24, 2.45) is 0 Å². The molecule has 0 amide bonds. The van der Waals surface area contributed by atoms with Crippen LogP contribution in [0.1, 0.15) is 19.3 Å². The van der Waals surface area contributed by atoms with Crippen LogP contribution in [0.5, 0.6) is 0 Å². The number of hydrogen-bond donors (Lipinski definition) is 0. The summed E-state index contributed by atoms with van der Waals surface area (Å²) in [5.74, 6) is 0.999. The van der Waals surface area contributed by atoms with Gasteiger partial charge in [0.05, 0.1) is 6.61 Å². The summed E-state index contributed by atoms with van der Waals surface area (Å²) in [6, 6.07) is 0. The monoisotopic (exact) mass is 217 g/mol. The summed E-state index contributed by atoms with van der Waals surface area (Å²) >= 11 is 1.73. The molecule has 0 aromatic rings. The fourth-order valence-electron chi connectivity index (χ4n) is 1.34. The molecule has 0 bridgehead atoms. The van der Waals surface area contributed by atoms with Gasteiger partial charge in [-0.15, -0.1) is 11.8 Å². The van der Waals surface area contributed by atoms with Crippen molar-refractivity contribution in [1.82, 2.24) is 4.90 Å². The Morgan fingerprint density at radius 2 is 2.29 bits per heavy atom. The molecule has 0 aliphatic carbocycles. The van der Waals surface area contributed by atoms with E-state index in [0.29, 0.717) is 6.61 Å². The third-order valence-corrected chi connectivity index (χ3v) is 3.47. The van der Waals surface area contributed by atoms with Gasteiger partial charge in [-0.25, -0.2) is 0 Å². The van der Waals surface area contributed by atoms with E-state index in [1.54, 1.807) is 11.8 Å². The van der Waals surface area contributed by atoms with E-state index in [0.717, 1.165) is 31.6 Å². The molecular weight excluding hydrogens is 198 g/mol. The Morgan fingerprint density at radius 3 is 3.00 bits per heavy atom. The van der Waals surface area contributed by atoms with Crippen LogP contribution in [0, 0.1) is 0 Å². The van der Waals surface area contributed by atoms with Crippen molar-refractivity contribution in [3.05, 3.63) is 0 Å². The summed E-state index contributed by atoms with van der Waals surface area (Å²) in [5.41, 5.74) is 0. The first-order valence-electron chi connectivity index (χ1n) is 5.13. The number of ether oxygens (including phenoxy) is 1. The zero-order chi connectivity index (χ0) is 10.4. The molecule has 0 spiro atoms. The van der Waals surface area contributed by atoms with Gasteiger partial charge in [0.15, 0.2) is 0 Å². The Morgan fingerprint density at radius 1 is 1.50 bits per heavy atom. The molecule has 0 aromatic carbocycles. The van der Waals surface area contributed by atoms with Crippen LogP contribution in [0.4, 0.5) is 0 Å². The van der Waals surface area contributed by atoms with E-state index in [-0.39, 0.29) is 11.2 Å². The zero-order valence-corrected chi connectivity index (χ0v) is 9.81. The lowest BCUT2D eigenvalue weighted by molar-refractivity contribution is -0.142. The van der Waals surface area contributed by atoms with Crippen LogP contribution in [0.25, 0.3) is 0 Å². The molecule has 1 atom stereocenters. The predicted molar refractivity (Wildman–Crippen MR) is 59.6 cm³/mol. The third kappa shape index (κ3) is 4.33. The molecule has 1 saturated heterocycles. The molecule has 0 aromatic heterocycles. The van der Waals surface area contributed by atoms with Crippen molar-refractivity contribution in [1.29, 1.82) is 0 Å². The molecule has 0 saturated carbocycles. The first-order chi connectivity index (χ1) is 6.70. The maximum atomic E-state index is 11.4. The highest BCUT2D eigenvalue weighted by Gasteiger charge is 2.22. The topological polar surface area (TPSA) is 29.5 Å². The Balaban J connectivity index is 2.23. The van der Waals surface area contributed by atoms with E-state index in [9.17, 15) is 4.79 Å². The Labute approximate surface area is 90.2 Å². The quantitative estimate of drug-likeness (QED) is 0.665. The average Bonchev–Trinajstić information content (AvgIpc) is 2.31. The molecule has 82 valence electrons. The number of esters is 1. The molecule has 4 heteroatoms. The lowest BCUT2D eigenvalue weighted by atomic mass is 10.2. The van der Waals surface area contributed by atoms with Crippen molar-refractivity contribution < 1.29 is 9.53 Å². The molecule has 1 fully saturated rings. The smallest absolute Gasteiger partial charge is 0.319 e. The van der Waals surface area contributed by atoms with Crippen LogP contribution < -0.4 is 0 Å². The normalized spacial score (nSPS) is 23.4. The second-order valence-electron chi connectivity index (χ2n) is 3.83. The number of hydrogen-bond acceptors (Lipinski definition) is 4. The van der Waals surface area contributed by atoms with E-state index < -0.39 is 0 Å². The number of carbonyl (C=O) groups excluding carboxylic acids is 1. The number of cyclic esters (lactones) is 1. The summed E-state index contributed by atoms with van der Waals surface area (Å²) < 4.78 is 5.10. The standard InChI is InChI=1S/C10H19NO2S/c1-11(2)6-8-14-9-5-3-4-7-13-10(9)12/h9H,3-8H2,1-2H3. The second kappa shape index (κ2) is 6.30. The predicted octanol–water partition coefficient (Wildman–Crippen LogP) is 1.38. The van der Waals surface area contributed by atoms with Gasteiger partial charge in [0, 0.05) is 12.3 Å². The van der Waals surface area contributed by atoms with E-state index >= 15 is 0 Å². The van der Waals surface area contributed by atoms with Crippen LogP contribution in [0.15, 0.2) is 0 Å². The van der Waals surface area contributed by atoms with Gasteiger partial charge in [-0.05, 0) is 33.4 Å². The first kappa shape index (κ1) is 11.9. The average molecular weight is 217 g/mol. The minimum atomic E-state index is -0.00810. The molecular formula is C10H19NO2S. The van der Waals surface area contributed by atoms with Crippen molar-refractivity contribution >= 4 is 17.7 Å². The first-order valence-corrected chi connectivity index (χ1v) is 6.18. The summed E-state index contributed by atoms with van der Waals surface area (Å²) in [4.78, 5) is 13.6. The highest BCUT2D eigenvalue weighted by molar-refractivity contribution is 8.00. The lowest BCUT2D eigenvalue weighted by Gasteiger charge is -2.13. The van der Waals surface area contributed by atoms with Crippen molar-refractivity contribution in [3.8, 4) is 0 Å². The Hall–Kier alpha value is -0.220. The van der Waals surface area contributed by atoms with Gasteiger partial charge in [0.1, 0.15) is 5.25 Å². The number of rotatable bonds is 4. The van der Waals surface area contributed by atoms with Gasteiger partial charge in [0.2, 0.25) is 0 Å². The van der Waals surface area contributed by atoms with Crippen molar-refractivity contribution in [2.75, 3.05) is 33.0 Å². The highest BCUT2D eigenvalue weighted by atomic mass is 32.2. The Kier molecular flexibility index (Phi) is 5.33. The summed E-state index contributed by atoms with van der Waals surface area (Å²) in [6.45, 7) is 1.64. The molecule has 1 aliphatic heterocycles. The SMILES string of the molecule is CN(C)CCSC1CCCCOC1=O. The van der Waals surface area contributed by atoms with E-state index in [1.807, 2.05) is 14.1 Å². The van der Waals surface area contributed by atoms with Gasteiger partial charge < -0.3 is 9.64 Å². The largest absolute Gasteiger partial charge is 0.465 e. The van der Waals surface area contributed by atoms with Crippen LogP contribution >= 0.6 is 11.8 Å². The van der Waals surface area contributed by atoms with Crippen molar-refractivity contribution in [2.45, 2.75) is 24.5 Å². The minimum absolute atomic E-state index is 0.00810. The van der Waals surface area contributed by atoms with Crippen LogP contribution in [-0.4, -0.2) is 49.1 Å². The molecule has 3 nitrogen and oxygen atoms in total. The number of nitrogens with zero attached hydrogens (tertiary/aromatic N) is 1. The number of thioether (sulfide) groups is 1. The second-order valence-corrected chi connectivity index (χ2v) is 5.14. The van der Waals surface area contributed by atoms with E-state index in [1.165, 1.54) is 0 Å². The maximum Gasteiger partial charge on any atom is 0.319 e. The van der Waals surface area contributed by atoms with Crippen LogP contribution in [0.2, 0.25) is 0 Å². The van der Waals surface area contributed by atoms with Gasteiger partial charge in [0.25, 0.3) is 0 Å². The molecule has 0 radical (unpaired) electrons. The lowest BCUT2D eigenvalue weighted by Crippen LogP contribution is -2.21. The maximum absolute atomic E-state index is 11.4. The van der Waals surface area contributed by atoms with Crippen LogP contribution in [-0.2, 0) is 9.53 Å². The molecule has 1 unspecified atom stereocenters. The fourth-order valence-corrected chi connectivity index (χ4v) is 2.64. The summed E-state index contributed by atoms with van der Waals surface area (Å²) in [5, 5.41) is 0.0810. The van der Waals surface area contributed by atoms with Crippen molar-refractivity contribution in [3.63, 3.8) is 0 Å². The zero-order valence-electron chi connectivity index (χ0n) is 8.99. The van der Waals surface area contributed by atoms with E-state index in [2.05, 4.69) is 4.90 Å². The molecule has 1 heterocycles. The number of carbonyl (C=O) groups is 1. The van der Waals surface area contributed by atoms with Crippen LogP contribution in [0.3, 0.4) is 0 Å². The summed E-state index contributed by atoms with van der Waals surface area (Å²) in [6.07, 6.45) is 3.12. The Bertz CT molecular complexity index is 185. The van der Waals surface area contributed by atoms with Gasteiger partial charge in [-0.3, -0.25) is 4.79 Å². The van der Waals surface area contributed by atoms with Gasteiger partial charge >= 0.3 is 5.97 Å².